The maximum absolute atomic E-state index is 10.3. The van der Waals surface area contributed by atoms with E-state index in [9.17, 15) is 4.79 Å². The van der Waals surface area contributed by atoms with E-state index in [2.05, 4.69) is 5.32 Å². The lowest BCUT2D eigenvalue weighted by molar-refractivity contribution is 0.249. The molecule has 0 aromatic heterocycles. The topological polar surface area (TPSA) is 55.1 Å². The quantitative estimate of drug-likeness (QED) is 0.695. The van der Waals surface area contributed by atoms with E-state index in [0.717, 1.165) is 6.42 Å². The second-order valence-corrected chi connectivity index (χ2v) is 2.53. The van der Waals surface area contributed by atoms with Crippen LogP contribution in [0, 0.1) is 0 Å². The van der Waals surface area contributed by atoms with Gasteiger partial charge in [-0.1, -0.05) is 30.3 Å². The van der Waals surface area contributed by atoms with E-state index in [1.807, 2.05) is 30.3 Å². The first-order chi connectivity index (χ1) is 5.79. The molecule has 0 heterocycles. The Morgan fingerprint density at radius 2 is 2.08 bits per heavy atom. The van der Waals surface area contributed by atoms with E-state index in [1.165, 1.54) is 5.56 Å². The van der Waals surface area contributed by atoms with Crippen LogP contribution in [-0.4, -0.2) is 12.6 Å². The smallest absolute Gasteiger partial charge is 0.312 e. The Bertz CT molecular complexity index is 251. The third kappa shape index (κ3) is 3.05. The fourth-order valence-corrected chi connectivity index (χ4v) is 0.975. The Balaban J connectivity index is 0.00000144. The molecule has 0 aliphatic rings. The summed E-state index contributed by atoms with van der Waals surface area (Å²) in [6.45, 7) is 0.597. The zero-order valence-corrected chi connectivity index (χ0v) is 6.79. The summed E-state index contributed by atoms with van der Waals surface area (Å²) >= 11 is 0. The zero-order valence-electron chi connectivity index (χ0n) is 6.79. The van der Waals surface area contributed by atoms with Crippen LogP contribution < -0.4 is 11.1 Å². The van der Waals surface area contributed by atoms with Gasteiger partial charge in [0.1, 0.15) is 0 Å². The third-order valence-electron chi connectivity index (χ3n) is 1.56. The molecule has 0 aliphatic carbocycles. The van der Waals surface area contributed by atoms with E-state index in [0.29, 0.717) is 6.54 Å². The first-order valence-electron chi connectivity index (χ1n) is 3.86. The molecule has 2 amide bonds. The molecule has 0 bridgehead atoms. The summed E-state index contributed by atoms with van der Waals surface area (Å²) in [4.78, 5) is 10.3. The molecule has 0 saturated heterocycles. The van der Waals surface area contributed by atoms with Crippen LogP contribution in [0.4, 0.5) is 4.79 Å². The minimum Gasteiger partial charge on any atom is -0.352 e. The van der Waals surface area contributed by atoms with Crippen LogP contribution in [0.2, 0.25) is 0 Å². The summed E-state index contributed by atoms with van der Waals surface area (Å²) in [5.74, 6) is 0. The van der Waals surface area contributed by atoms with Crippen molar-refractivity contribution in [3.63, 3.8) is 0 Å². The van der Waals surface area contributed by atoms with E-state index >= 15 is 0 Å². The van der Waals surface area contributed by atoms with Crippen molar-refractivity contribution in [2.75, 3.05) is 6.54 Å². The number of hydrogen-bond donors (Lipinski definition) is 2. The van der Waals surface area contributed by atoms with Crippen LogP contribution >= 0.6 is 0 Å². The summed E-state index contributed by atoms with van der Waals surface area (Å²) in [6, 6.07) is 9.47. The minimum absolute atomic E-state index is 0. The molecule has 3 N–H and O–H groups in total. The molecule has 1 aromatic carbocycles. The van der Waals surface area contributed by atoms with Gasteiger partial charge in [0.15, 0.2) is 0 Å². The Morgan fingerprint density at radius 3 is 2.67 bits per heavy atom. The number of carbonyl (C=O) groups is 1. The van der Waals surface area contributed by atoms with Crippen LogP contribution in [0.15, 0.2) is 30.3 Å². The molecular formula is C9H14N2O. The number of hydrogen-bond acceptors (Lipinski definition) is 1. The predicted octanol–water partition coefficient (Wildman–Crippen LogP) is 1.14. The normalized spacial score (nSPS) is 9.33. The molecule has 0 saturated carbocycles. The number of carbonyl (C=O) groups excluding carboxylic acids is 1. The SMILES string of the molecule is NC(=O)NCCc1ccccc1.[HH]. The van der Waals surface area contributed by atoms with Crippen LogP contribution in [0.3, 0.4) is 0 Å². The highest BCUT2D eigenvalue weighted by atomic mass is 16.2. The van der Waals surface area contributed by atoms with Crippen molar-refractivity contribution < 1.29 is 6.22 Å². The van der Waals surface area contributed by atoms with Gasteiger partial charge in [0, 0.05) is 7.97 Å². The van der Waals surface area contributed by atoms with Crippen molar-refractivity contribution in [2.45, 2.75) is 6.42 Å². The standard InChI is InChI=1S/C9H12N2O.H2/c10-9(12)11-7-6-8-4-2-1-3-5-8;/h1-5H,6-7H2,(H3,10,11,12);1H. The van der Waals surface area contributed by atoms with Crippen molar-refractivity contribution >= 4 is 6.03 Å². The summed E-state index contributed by atoms with van der Waals surface area (Å²) in [5, 5.41) is 2.53. The lowest BCUT2D eigenvalue weighted by Crippen LogP contribution is -2.30. The summed E-state index contributed by atoms with van der Waals surface area (Å²) in [5.41, 5.74) is 6.11. The first kappa shape index (κ1) is 8.59. The number of rotatable bonds is 3. The van der Waals surface area contributed by atoms with Crippen molar-refractivity contribution in [2.24, 2.45) is 5.73 Å². The van der Waals surface area contributed by atoms with Crippen LogP contribution in [0.5, 0.6) is 0 Å². The van der Waals surface area contributed by atoms with Crippen molar-refractivity contribution in [1.29, 1.82) is 0 Å². The summed E-state index contributed by atoms with van der Waals surface area (Å²) in [6.07, 6.45) is 0.823. The second kappa shape index (κ2) is 4.38. The lowest BCUT2D eigenvalue weighted by atomic mass is 10.1. The fraction of sp³-hybridized carbons (Fsp3) is 0.222. The van der Waals surface area contributed by atoms with Crippen LogP contribution in [0.25, 0.3) is 0 Å². The number of urea groups is 1. The largest absolute Gasteiger partial charge is 0.352 e. The molecule has 0 atom stereocenters. The molecule has 1 aromatic rings. The number of primary amides is 1. The van der Waals surface area contributed by atoms with Gasteiger partial charge in [-0.15, -0.1) is 0 Å². The van der Waals surface area contributed by atoms with Gasteiger partial charge in [0.25, 0.3) is 0 Å². The molecule has 0 aliphatic heterocycles. The Hall–Kier alpha value is -1.51. The molecule has 12 heavy (non-hydrogen) atoms. The number of nitrogens with two attached hydrogens (primary N) is 1. The third-order valence-corrected chi connectivity index (χ3v) is 1.56. The second-order valence-electron chi connectivity index (χ2n) is 2.53. The molecule has 66 valence electrons. The highest BCUT2D eigenvalue weighted by Crippen LogP contribution is 1.97. The molecule has 3 heteroatoms. The van der Waals surface area contributed by atoms with Gasteiger partial charge in [0.05, 0.1) is 0 Å². The van der Waals surface area contributed by atoms with Crippen LogP contribution in [-0.2, 0) is 6.42 Å². The Kier molecular flexibility index (Phi) is 3.14. The van der Waals surface area contributed by atoms with Crippen molar-refractivity contribution in [1.82, 2.24) is 5.32 Å². The predicted molar refractivity (Wildman–Crippen MR) is 49.8 cm³/mol. The minimum atomic E-state index is -0.467. The van der Waals surface area contributed by atoms with E-state index in [4.69, 9.17) is 5.73 Å². The van der Waals surface area contributed by atoms with Gasteiger partial charge in [-0.05, 0) is 12.0 Å². The first-order valence-corrected chi connectivity index (χ1v) is 3.86. The monoisotopic (exact) mass is 166 g/mol. The van der Waals surface area contributed by atoms with Crippen LogP contribution in [0.1, 0.15) is 6.99 Å². The summed E-state index contributed by atoms with van der Waals surface area (Å²) in [7, 11) is 0. The lowest BCUT2D eigenvalue weighted by Gasteiger charge is -2.00. The highest BCUT2D eigenvalue weighted by molar-refractivity contribution is 5.71. The highest BCUT2D eigenvalue weighted by Gasteiger charge is 1.92. The van der Waals surface area contributed by atoms with E-state index in [1.54, 1.807) is 0 Å². The number of benzene rings is 1. The zero-order chi connectivity index (χ0) is 8.81. The van der Waals surface area contributed by atoms with E-state index < -0.39 is 6.03 Å². The molecule has 3 nitrogen and oxygen atoms in total. The average molecular weight is 166 g/mol. The maximum atomic E-state index is 10.3. The van der Waals surface area contributed by atoms with Gasteiger partial charge in [-0.2, -0.15) is 0 Å². The maximum Gasteiger partial charge on any atom is 0.312 e. The Labute approximate surface area is 73.1 Å². The number of nitrogens with one attached hydrogen (secondary N) is 1. The molecular weight excluding hydrogens is 152 g/mol. The fourth-order valence-electron chi connectivity index (χ4n) is 0.975. The average Bonchev–Trinajstić information content (AvgIpc) is 2.05. The van der Waals surface area contributed by atoms with E-state index in [-0.39, 0.29) is 1.43 Å². The molecule has 0 fully saturated rings. The van der Waals surface area contributed by atoms with Crippen molar-refractivity contribution in [3.05, 3.63) is 35.9 Å². The van der Waals surface area contributed by atoms with Gasteiger partial charge >= 0.3 is 6.03 Å². The summed E-state index contributed by atoms with van der Waals surface area (Å²) < 4.78 is 0. The molecule has 0 spiro atoms. The van der Waals surface area contributed by atoms with Gasteiger partial charge in [-0.25, -0.2) is 4.79 Å². The Morgan fingerprint density at radius 1 is 1.42 bits per heavy atom. The number of amides is 2. The molecule has 1 rings (SSSR count). The molecule has 0 radical (unpaired) electrons. The van der Waals surface area contributed by atoms with Crippen molar-refractivity contribution in [3.8, 4) is 0 Å². The van der Waals surface area contributed by atoms with Gasteiger partial charge < -0.3 is 11.1 Å². The van der Waals surface area contributed by atoms with Gasteiger partial charge in [0.2, 0.25) is 0 Å². The van der Waals surface area contributed by atoms with Gasteiger partial charge in [-0.3, -0.25) is 0 Å². The molecule has 0 unspecified atom stereocenters.